The quantitative estimate of drug-likeness (QED) is 0.192. The SMILES string of the molecule is C=CC(=O)OCCCCCCCC[SiH2]C(Cl)Cl. The van der Waals surface area contributed by atoms with E-state index in [1.165, 1.54) is 37.8 Å². The summed E-state index contributed by atoms with van der Waals surface area (Å²) in [5.74, 6) is -0.327. The van der Waals surface area contributed by atoms with Crippen LogP contribution < -0.4 is 0 Å². The van der Waals surface area contributed by atoms with Crippen LogP contribution in [0.15, 0.2) is 12.7 Å². The second-order valence-electron chi connectivity index (χ2n) is 4.03. The van der Waals surface area contributed by atoms with Gasteiger partial charge in [-0.15, -0.1) is 23.2 Å². The van der Waals surface area contributed by atoms with Crippen LogP contribution in [0.5, 0.6) is 0 Å². The van der Waals surface area contributed by atoms with Crippen LogP contribution in [0.3, 0.4) is 0 Å². The molecule has 0 amide bonds. The number of unbranched alkanes of at least 4 members (excludes halogenated alkanes) is 5. The van der Waals surface area contributed by atoms with Gasteiger partial charge in [0.15, 0.2) is 0 Å². The lowest BCUT2D eigenvalue weighted by molar-refractivity contribution is -0.137. The van der Waals surface area contributed by atoms with E-state index >= 15 is 0 Å². The molecular weight excluding hydrogens is 275 g/mol. The molecule has 0 bridgehead atoms. The molecule has 0 aromatic rings. The zero-order chi connectivity index (χ0) is 12.9. The van der Waals surface area contributed by atoms with Gasteiger partial charge in [-0.25, -0.2) is 4.79 Å². The molecule has 0 unspecified atom stereocenters. The number of hydrogen-bond acceptors (Lipinski definition) is 2. The van der Waals surface area contributed by atoms with Crippen molar-refractivity contribution in [3.05, 3.63) is 12.7 Å². The Kier molecular flexibility index (Phi) is 12.5. The highest BCUT2D eigenvalue weighted by Crippen LogP contribution is 2.09. The van der Waals surface area contributed by atoms with Crippen molar-refractivity contribution >= 4 is 38.7 Å². The molecule has 0 atom stereocenters. The number of carbonyl (C=O) groups is 1. The van der Waals surface area contributed by atoms with Crippen molar-refractivity contribution in [3.8, 4) is 0 Å². The zero-order valence-corrected chi connectivity index (χ0v) is 13.2. The van der Waals surface area contributed by atoms with Crippen molar-refractivity contribution < 1.29 is 9.53 Å². The maximum Gasteiger partial charge on any atom is 0.330 e. The molecule has 5 heteroatoms. The number of carbonyl (C=O) groups excluding carboxylic acids is 1. The number of alkyl halides is 2. The Morgan fingerprint density at radius 2 is 1.76 bits per heavy atom. The van der Waals surface area contributed by atoms with E-state index in [9.17, 15) is 4.79 Å². The van der Waals surface area contributed by atoms with E-state index in [1.54, 1.807) is 0 Å². The lowest BCUT2D eigenvalue weighted by Gasteiger charge is -2.03. The highest BCUT2D eigenvalue weighted by Gasteiger charge is 1.99. The summed E-state index contributed by atoms with van der Waals surface area (Å²) >= 11 is 11.4. The molecule has 0 aliphatic carbocycles. The third-order valence-corrected chi connectivity index (χ3v) is 5.13. The lowest BCUT2D eigenvalue weighted by Crippen LogP contribution is -2.01. The van der Waals surface area contributed by atoms with Crippen molar-refractivity contribution in [2.45, 2.75) is 49.0 Å². The molecule has 0 saturated heterocycles. The van der Waals surface area contributed by atoms with Crippen LogP contribution in [-0.2, 0) is 9.53 Å². The number of hydrogen-bond donors (Lipinski definition) is 0. The van der Waals surface area contributed by atoms with E-state index in [2.05, 4.69) is 6.58 Å². The first-order valence-electron chi connectivity index (χ1n) is 6.24. The first kappa shape index (κ1) is 17.0. The maximum atomic E-state index is 10.7. The van der Waals surface area contributed by atoms with Gasteiger partial charge in [-0.2, -0.15) is 0 Å². The molecule has 17 heavy (non-hydrogen) atoms. The molecule has 2 nitrogen and oxygen atoms in total. The molecule has 0 aliphatic heterocycles. The van der Waals surface area contributed by atoms with Gasteiger partial charge in [-0.05, 0) is 6.42 Å². The van der Waals surface area contributed by atoms with Crippen molar-refractivity contribution in [3.63, 3.8) is 0 Å². The number of esters is 1. The van der Waals surface area contributed by atoms with Crippen LogP contribution >= 0.6 is 23.2 Å². The fourth-order valence-corrected chi connectivity index (χ4v) is 3.39. The minimum atomic E-state index is -0.327. The predicted molar refractivity (Wildman–Crippen MR) is 77.7 cm³/mol. The Balaban J connectivity index is 3.03. The fourth-order valence-electron chi connectivity index (χ4n) is 1.52. The molecule has 0 radical (unpaired) electrons. The van der Waals surface area contributed by atoms with Crippen LogP contribution in [-0.4, -0.2) is 26.6 Å². The summed E-state index contributed by atoms with van der Waals surface area (Å²) < 4.78 is 4.81. The van der Waals surface area contributed by atoms with Gasteiger partial charge >= 0.3 is 5.97 Å². The predicted octanol–water partition coefficient (Wildman–Crippen LogP) is 3.40. The molecule has 0 heterocycles. The second kappa shape index (κ2) is 12.5. The summed E-state index contributed by atoms with van der Waals surface area (Å²) in [6.07, 6.45) is 8.24. The van der Waals surface area contributed by atoms with Crippen LogP contribution in [0.4, 0.5) is 0 Å². The summed E-state index contributed by atoms with van der Waals surface area (Å²) in [6, 6.07) is 1.24. The van der Waals surface area contributed by atoms with E-state index in [4.69, 9.17) is 27.9 Å². The van der Waals surface area contributed by atoms with Gasteiger partial charge in [0, 0.05) is 6.08 Å². The molecule has 0 aliphatic rings. The van der Waals surface area contributed by atoms with Gasteiger partial charge in [0.1, 0.15) is 0 Å². The van der Waals surface area contributed by atoms with Gasteiger partial charge < -0.3 is 4.74 Å². The van der Waals surface area contributed by atoms with Gasteiger partial charge in [0.2, 0.25) is 0 Å². The van der Waals surface area contributed by atoms with E-state index < -0.39 is 0 Å². The molecule has 0 rings (SSSR count). The van der Waals surface area contributed by atoms with E-state index in [-0.39, 0.29) is 19.9 Å². The van der Waals surface area contributed by atoms with Gasteiger partial charge in [0.25, 0.3) is 0 Å². The molecule has 0 aromatic carbocycles. The average molecular weight is 297 g/mol. The molecule has 0 fully saturated rings. The van der Waals surface area contributed by atoms with Crippen molar-refractivity contribution in [2.24, 2.45) is 0 Å². The average Bonchev–Trinajstić information content (AvgIpc) is 2.30. The van der Waals surface area contributed by atoms with Crippen LogP contribution in [0.1, 0.15) is 38.5 Å². The topological polar surface area (TPSA) is 26.3 Å². The summed E-state index contributed by atoms with van der Waals surface area (Å²) in [7, 11) is -0.249. The zero-order valence-electron chi connectivity index (χ0n) is 10.3. The Morgan fingerprint density at radius 1 is 1.18 bits per heavy atom. The highest BCUT2D eigenvalue weighted by atomic mass is 35.5. The van der Waals surface area contributed by atoms with Crippen molar-refractivity contribution in [2.75, 3.05) is 6.61 Å². The summed E-state index contributed by atoms with van der Waals surface area (Å²) in [5.41, 5.74) is 0. The monoisotopic (exact) mass is 296 g/mol. The van der Waals surface area contributed by atoms with E-state index in [1.807, 2.05) is 0 Å². The van der Waals surface area contributed by atoms with E-state index in [0.717, 1.165) is 12.8 Å². The molecule has 0 saturated carbocycles. The molecule has 0 spiro atoms. The summed E-state index contributed by atoms with van der Waals surface area (Å²) in [4.78, 5) is 10.7. The normalized spacial score (nSPS) is 11.2. The Labute approximate surface area is 117 Å². The smallest absolute Gasteiger partial charge is 0.330 e. The van der Waals surface area contributed by atoms with E-state index in [0.29, 0.717) is 6.61 Å². The second-order valence-corrected chi connectivity index (χ2v) is 8.44. The first-order chi connectivity index (χ1) is 8.16. The number of ether oxygens (including phenoxy) is 1. The third kappa shape index (κ3) is 13.9. The Morgan fingerprint density at radius 3 is 2.35 bits per heavy atom. The Hall–Kier alpha value is 0.00688. The van der Waals surface area contributed by atoms with Crippen LogP contribution in [0.25, 0.3) is 0 Å². The Bertz CT molecular complexity index is 211. The molecule has 0 aromatic heterocycles. The van der Waals surface area contributed by atoms with Gasteiger partial charge in [-0.1, -0.05) is 44.7 Å². The maximum absolute atomic E-state index is 10.7. The largest absolute Gasteiger partial charge is 0.463 e. The standard InChI is InChI=1S/C12H22Cl2O2Si/c1-2-11(15)16-9-7-5-3-4-6-8-10-17-12(13)14/h2,12H,1,3-10,17H2. The fraction of sp³-hybridized carbons (Fsp3) is 0.750. The van der Waals surface area contributed by atoms with Gasteiger partial charge in [0.05, 0.1) is 20.6 Å². The third-order valence-electron chi connectivity index (χ3n) is 2.48. The van der Waals surface area contributed by atoms with Gasteiger partial charge in [-0.3, -0.25) is 0 Å². The lowest BCUT2D eigenvalue weighted by atomic mass is 10.1. The number of halogens is 2. The van der Waals surface area contributed by atoms with Crippen molar-refractivity contribution in [1.29, 1.82) is 0 Å². The summed E-state index contributed by atoms with van der Waals surface area (Å²) in [6.45, 7) is 3.85. The van der Waals surface area contributed by atoms with Crippen LogP contribution in [0.2, 0.25) is 6.04 Å². The molecule has 100 valence electrons. The van der Waals surface area contributed by atoms with Crippen LogP contribution in [0, 0.1) is 0 Å². The number of rotatable bonds is 11. The first-order valence-corrected chi connectivity index (χ1v) is 8.93. The molecular formula is C12H22Cl2O2Si. The minimum absolute atomic E-state index is 0.0745. The minimum Gasteiger partial charge on any atom is -0.463 e. The highest BCUT2D eigenvalue weighted by molar-refractivity contribution is 6.68. The summed E-state index contributed by atoms with van der Waals surface area (Å²) in [5, 5.41) is 0. The molecule has 0 N–H and O–H groups in total. The van der Waals surface area contributed by atoms with Crippen molar-refractivity contribution in [1.82, 2.24) is 0 Å².